The van der Waals surface area contributed by atoms with Crippen molar-refractivity contribution in [2.45, 2.75) is 59.1 Å². The Morgan fingerprint density at radius 3 is 2.00 bits per heavy atom. The van der Waals surface area contributed by atoms with E-state index < -0.39 is 0 Å². The predicted molar refractivity (Wildman–Crippen MR) is 82.6 cm³/mol. The summed E-state index contributed by atoms with van der Waals surface area (Å²) in [5, 5.41) is 3.41. The molecule has 0 heterocycles. The molecule has 0 aliphatic carbocycles. The molecule has 0 unspecified atom stereocenters. The van der Waals surface area contributed by atoms with Gasteiger partial charge in [-0.05, 0) is 37.3 Å². The van der Waals surface area contributed by atoms with Crippen LogP contribution in [-0.4, -0.2) is 18.8 Å². The minimum atomic E-state index is -0.0456. The molecule has 0 bridgehead atoms. The maximum atomic E-state index is 5.67. The topological polar surface area (TPSA) is 21.3 Å². The van der Waals surface area contributed by atoms with Crippen LogP contribution >= 0.6 is 0 Å². The zero-order valence-electron chi connectivity index (χ0n) is 13.3. The molecule has 0 fully saturated rings. The van der Waals surface area contributed by atoms with Gasteiger partial charge in [-0.3, -0.25) is 0 Å². The monoisotopic (exact) mass is 263 g/mol. The molecule has 0 spiro atoms. The zero-order valence-corrected chi connectivity index (χ0v) is 13.3. The van der Waals surface area contributed by atoms with Crippen LogP contribution in [0.25, 0.3) is 0 Å². The van der Waals surface area contributed by atoms with Crippen LogP contribution in [0.5, 0.6) is 0 Å². The largest absolute Gasteiger partial charge is 0.375 e. The summed E-state index contributed by atoms with van der Waals surface area (Å²) in [7, 11) is 0. The Morgan fingerprint density at radius 2 is 1.53 bits per heavy atom. The molecular weight excluding hydrogens is 234 g/mol. The number of benzene rings is 1. The number of hydrogen-bond donors (Lipinski definition) is 1. The second-order valence-corrected chi connectivity index (χ2v) is 7.08. The third kappa shape index (κ3) is 6.74. The first kappa shape index (κ1) is 16.2. The van der Waals surface area contributed by atoms with E-state index >= 15 is 0 Å². The smallest absolute Gasteiger partial charge is 0.0599 e. The van der Waals surface area contributed by atoms with Crippen molar-refractivity contribution in [3.05, 3.63) is 35.4 Å². The van der Waals surface area contributed by atoms with Gasteiger partial charge in [0.2, 0.25) is 0 Å². The average Bonchev–Trinajstić information content (AvgIpc) is 2.26. The van der Waals surface area contributed by atoms with Crippen LogP contribution < -0.4 is 5.32 Å². The SMILES string of the molecule is CC(C)(C)OCCNCc1ccc(C(C)(C)C)cc1. The highest BCUT2D eigenvalue weighted by molar-refractivity contribution is 5.27. The molecule has 0 aromatic heterocycles. The average molecular weight is 263 g/mol. The summed E-state index contributed by atoms with van der Waals surface area (Å²) in [6, 6.07) is 8.86. The van der Waals surface area contributed by atoms with Crippen molar-refractivity contribution in [2.24, 2.45) is 0 Å². The van der Waals surface area contributed by atoms with Gasteiger partial charge < -0.3 is 10.1 Å². The van der Waals surface area contributed by atoms with Gasteiger partial charge in [0.15, 0.2) is 0 Å². The number of ether oxygens (including phenoxy) is 1. The first-order valence-electron chi connectivity index (χ1n) is 7.12. The highest BCUT2D eigenvalue weighted by Crippen LogP contribution is 2.22. The van der Waals surface area contributed by atoms with E-state index in [1.165, 1.54) is 11.1 Å². The van der Waals surface area contributed by atoms with Gasteiger partial charge in [0.25, 0.3) is 0 Å². The van der Waals surface area contributed by atoms with Gasteiger partial charge in [-0.25, -0.2) is 0 Å². The molecular formula is C17H29NO. The predicted octanol–water partition coefficient (Wildman–Crippen LogP) is 3.89. The van der Waals surface area contributed by atoms with E-state index in [2.05, 4.69) is 71.1 Å². The highest BCUT2D eigenvalue weighted by Gasteiger charge is 2.12. The summed E-state index contributed by atoms with van der Waals surface area (Å²) < 4.78 is 5.67. The molecule has 1 aromatic carbocycles. The molecule has 0 aliphatic heterocycles. The Bertz CT molecular complexity index is 368. The highest BCUT2D eigenvalue weighted by atomic mass is 16.5. The third-order valence-corrected chi connectivity index (χ3v) is 2.96. The minimum Gasteiger partial charge on any atom is -0.375 e. The Labute approximate surface area is 118 Å². The summed E-state index contributed by atoms with van der Waals surface area (Å²) in [5.74, 6) is 0. The van der Waals surface area contributed by atoms with Crippen molar-refractivity contribution in [3.63, 3.8) is 0 Å². The molecule has 0 aliphatic rings. The van der Waals surface area contributed by atoms with Crippen molar-refractivity contribution < 1.29 is 4.74 Å². The Hall–Kier alpha value is -0.860. The van der Waals surface area contributed by atoms with Crippen molar-refractivity contribution >= 4 is 0 Å². The van der Waals surface area contributed by atoms with Crippen LogP contribution in [0.4, 0.5) is 0 Å². The minimum absolute atomic E-state index is 0.0456. The molecule has 1 aromatic rings. The standard InChI is InChI=1S/C17H29NO/c1-16(2,3)15-9-7-14(8-10-15)13-18-11-12-19-17(4,5)6/h7-10,18H,11-13H2,1-6H3. The van der Waals surface area contributed by atoms with E-state index in [9.17, 15) is 0 Å². The number of rotatable bonds is 5. The lowest BCUT2D eigenvalue weighted by molar-refractivity contribution is -0.000885. The van der Waals surface area contributed by atoms with Crippen molar-refractivity contribution in [2.75, 3.05) is 13.2 Å². The van der Waals surface area contributed by atoms with Crippen LogP contribution in [0, 0.1) is 0 Å². The van der Waals surface area contributed by atoms with Crippen molar-refractivity contribution in [1.82, 2.24) is 5.32 Å². The summed E-state index contributed by atoms with van der Waals surface area (Å²) in [6.07, 6.45) is 0. The number of hydrogen-bond acceptors (Lipinski definition) is 2. The van der Waals surface area contributed by atoms with E-state index in [1.54, 1.807) is 0 Å². The van der Waals surface area contributed by atoms with Crippen molar-refractivity contribution in [1.29, 1.82) is 0 Å². The van der Waals surface area contributed by atoms with Gasteiger partial charge in [-0.1, -0.05) is 45.0 Å². The molecule has 2 heteroatoms. The van der Waals surface area contributed by atoms with Crippen LogP contribution in [0.2, 0.25) is 0 Å². The van der Waals surface area contributed by atoms with Gasteiger partial charge in [0.1, 0.15) is 0 Å². The molecule has 19 heavy (non-hydrogen) atoms. The van der Waals surface area contributed by atoms with Gasteiger partial charge >= 0.3 is 0 Å². The summed E-state index contributed by atoms with van der Waals surface area (Å²) in [6.45, 7) is 15.5. The van der Waals surface area contributed by atoms with Crippen LogP contribution in [0.3, 0.4) is 0 Å². The zero-order chi connectivity index (χ0) is 14.5. The lowest BCUT2D eigenvalue weighted by atomic mass is 9.87. The normalized spacial score (nSPS) is 12.7. The lowest BCUT2D eigenvalue weighted by Crippen LogP contribution is -2.26. The maximum Gasteiger partial charge on any atom is 0.0599 e. The molecule has 1 rings (SSSR count). The van der Waals surface area contributed by atoms with E-state index in [4.69, 9.17) is 4.74 Å². The van der Waals surface area contributed by atoms with E-state index in [0.29, 0.717) is 0 Å². The molecule has 0 radical (unpaired) electrons. The van der Waals surface area contributed by atoms with Gasteiger partial charge in [0, 0.05) is 13.1 Å². The molecule has 2 nitrogen and oxygen atoms in total. The Morgan fingerprint density at radius 1 is 0.947 bits per heavy atom. The van der Waals surface area contributed by atoms with Gasteiger partial charge in [-0.15, -0.1) is 0 Å². The van der Waals surface area contributed by atoms with E-state index in [0.717, 1.165) is 19.7 Å². The quantitative estimate of drug-likeness (QED) is 0.814. The van der Waals surface area contributed by atoms with Gasteiger partial charge in [-0.2, -0.15) is 0 Å². The lowest BCUT2D eigenvalue weighted by Gasteiger charge is -2.20. The molecule has 0 saturated heterocycles. The fourth-order valence-corrected chi connectivity index (χ4v) is 1.78. The molecule has 0 saturated carbocycles. The maximum absolute atomic E-state index is 5.67. The first-order valence-corrected chi connectivity index (χ1v) is 7.12. The molecule has 0 atom stereocenters. The van der Waals surface area contributed by atoms with Crippen LogP contribution in [0.1, 0.15) is 52.7 Å². The molecule has 108 valence electrons. The fourth-order valence-electron chi connectivity index (χ4n) is 1.78. The summed E-state index contributed by atoms with van der Waals surface area (Å²) in [5.41, 5.74) is 2.89. The Kier molecular flexibility index (Phi) is 5.57. The van der Waals surface area contributed by atoms with Crippen LogP contribution in [0.15, 0.2) is 24.3 Å². The summed E-state index contributed by atoms with van der Waals surface area (Å²) >= 11 is 0. The van der Waals surface area contributed by atoms with E-state index in [-0.39, 0.29) is 11.0 Å². The third-order valence-electron chi connectivity index (χ3n) is 2.96. The molecule has 1 N–H and O–H groups in total. The second-order valence-electron chi connectivity index (χ2n) is 7.08. The van der Waals surface area contributed by atoms with E-state index in [1.807, 2.05) is 0 Å². The summed E-state index contributed by atoms with van der Waals surface area (Å²) in [4.78, 5) is 0. The second kappa shape index (κ2) is 6.53. The van der Waals surface area contributed by atoms with Gasteiger partial charge in [0.05, 0.1) is 12.2 Å². The first-order chi connectivity index (χ1) is 8.68. The van der Waals surface area contributed by atoms with Crippen LogP contribution in [-0.2, 0) is 16.7 Å². The van der Waals surface area contributed by atoms with Crippen molar-refractivity contribution in [3.8, 4) is 0 Å². The fraction of sp³-hybridized carbons (Fsp3) is 0.647. The Balaban J connectivity index is 2.31. The number of nitrogens with one attached hydrogen (secondary N) is 1. The molecule has 0 amide bonds.